The lowest BCUT2D eigenvalue weighted by Gasteiger charge is -2.40. The number of carbonyl (C=O) groups is 1. The van der Waals surface area contributed by atoms with Crippen LogP contribution in [0.3, 0.4) is 0 Å². The van der Waals surface area contributed by atoms with Crippen molar-refractivity contribution in [3.8, 4) is 6.07 Å². The first-order chi connectivity index (χ1) is 18.9. The van der Waals surface area contributed by atoms with Gasteiger partial charge in [-0.05, 0) is 67.0 Å². The summed E-state index contributed by atoms with van der Waals surface area (Å²) in [7, 11) is 0. The molecule has 0 radical (unpaired) electrons. The van der Waals surface area contributed by atoms with E-state index in [4.69, 9.17) is 5.73 Å². The highest BCUT2D eigenvalue weighted by Crippen LogP contribution is 2.48. The van der Waals surface area contributed by atoms with Crippen LogP contribution in [0.4, 0.5) is 5.69 Å². The maximum Gasteiger partial charge on any atom is 0.161 e. The summed E-state index contributed by atoms with van der Waals surface area (Å²) in [4.78, 5) is 15.7. The van der Waals surface area contributed by atoms with Crippen LogP contribution in [0, 0.1) is 25.2 Å². The normalized spacial score (nSPS) is 17.3. The summed E-state index contributed by atoms with van der Waals surface area (Å²) in [5.74, 6) is 1.92. The molecule has 3 aromatic carbocycles. The van der Waals surface area contributed by atoms with Gasteiger partial charge in [0.05, 0.1) is 23.2 Å². The first kappa shape index (κ1) is 26.8. The van der Waals surface area contributed by atoms with Crippen molar-refractivity contribution in [2.45, 2.75) is 63.9 Å². The standard InChI is InChI=1S/C34H35N3OS/c1-4-25-13-8-9-14-29(25)37-30-15-10-16-31(38)33(30)32(28(19-35)34(37)36)27-18-22(2)17-26(23(27)3)21-39-20-24-11-6-5-7-12-24/h5-9,11-14,17-18,32H,4,10,15-16,20-21,36H2,1-3H3. The van der Waals surface area contributed by atoms with Gasteiger partial charge in [0.15, 0.2) is 5.78 Å². The minimum Gasteiger partial charge on any atom is -0.384 e. The summed E-state index contributed by atoms with van der Waals surface area (Å²) in [6.45, 7) is 6.34. The number of aryl methyl sites for hydroxylation is 2. The highest BCUT2D eigenvalue weighted by Gasteiger charge is 2.41. The Labute approximate surface area is 236 Å². The van der Waals surface area contributed by atoms with Crippen LogP contribution in [-0.2, 0) is 22.7 Å². The van der Waals surface area contributed by atoms with Crippen LogP contribution in [0.25, 0.3) is 0 Å². The SMILES string of the molecule is CCc1ccccc1N1C(N)=C(C#N)C(c2cc(C)cc(CSCc3ccccc3)c2C)C2=C1CCCC2=O. The second kappa shape index (κ2) is 11.6. The molecule has 0 bridgehead atoms. The maximum absolute atomic E-state index is 13.7. The molecule has 0 amide bonds. The molecule has 1 aliphatic heterocycles. The number of Topliss-reactive ketones (excluding diaryl/α,β-unsaturated/α-hetero) is 1. The van der Waals surface area contributed by atoms with E-state index in [9.17, 15) is 10.1 Å². The summed E-state index contributed by atoms with van der Waals surface area (Å²) >= 11 is 1.88. The summed E-state index contributed by atoms with van der Waals surface area (Å²) in [6, 6.07) is 25.5. The molecule has 2 aliphatic rings. The molecule has 0 saturated heterocycles. The number of allylic oxidation sites excluding steroid dienone is 3. The van der Waals surface area contributed by atoms with E-state index in [1.807, 2.05) is 40.9 Å². The zero-order valence-corrected chi connectivity index (χ0v) is 23.8. The number of hydrogen-bond donors (Lipinski definition) is 1. The lowest BCUT2D eigenvalue weighted by molar-refractivity contribution is -0.116. The number of nitriles is 1. The topological polar surface area (TPSA) is 70.1 Å². The third-order valence-electron chi connectivity index (χ3n) is 7.91. The Balaban J connectivity index is 1.61. The summed E-state index contributed by atoms with van der Waals surface area (Å²) in [5.41, 5.74) is 17.0. The first-order valence-corrected chi connectivity index (χ1v) is 14.9. The minimum atomic E-state index is -0.444. The van der Waals surface area contributed by atoms with Crippen LogP contribution in [0.15, 0.2) is 89.4 Å². The van der Waals surface area contributed by atoms with E-state index in [0.29, 0.717) is 17.8 Å². The van der Waals surface area contributed by atoms with Gasteiger partial charge in [0.2, 0.25) is 0 Å². The number of thioether (sulfide) groups is 1. The van der Waals surface area contributed by atoms with E-state index >= 15 is 0 Å². The van der Waals surface area contributed by atoms with E-state index < -0.39 is 5.92 Å². The van der Waals surface area contributed by atoms with E-state index in [1.165, 1.54) is 11.1 Å². The summed E-state index contributed by atoms with van der Waals surface area (Å²) < 4.78 is 0. The molecule has 4 nitrogen and oxygen atoms in total. The third-order valence-corrected chi connectivity index (χ3v) is 8.96. The third kappa shape index (κ3) is 5.14. The highest BCUT2D eigenvalue weighted by atomic mass is 32.2. The molecule has 0 saturated carbocycles. The number of nitrogens with zero attached hydrogens (tertiary/aromatic N) is 2. The van der Waals surface area contributed by atoms with Crippen molar-refractivity contribution in [3.63, 3.8) is 0 Å². The Hall–Kier alpha value is -3.75. The fraction of sp³-hybridized carbons (Fsp3) is 0.294. The molecular formula is C34H35N3OS. The lowest BCUT2D eigenvalue weighted by atomic mass is 9.73. The van der Waals surface area contributed by atoms with Crippen LogP contribution < -0.4 is 10.6 Å². The molecule has 2 N–H and O–H groups in total. The predicted molar refractivity (Wildman–Crippen MR) is 161 cm³/mol. The van der Waals surface area contributed by atoms with Crippen molar-refractivity contribution >= 4 is 23.2 Å². The molecule has 39 heavy (non-hydrogen) atoms. The highest BCUT2D eigenvalue weighted by molar-refractivity contribution is 7.97. The van der Waals surface area contributed by atoms with Crippen molar-refractivity contribution in [1.29, 1.82) is 5.26 Å². The molecule has 5 rings (SSSR count). The Morgan fingerprint density at radius 3 is 2.49 bits per heavy atom. The van der Waals surface area contributed by atoms with E-state index in [2.05, 4.69) is 69.3 Å². The van der Waals surface area contributed by atoms with Crippen molar-refractivity contribution < 1.29 is 4.79 Å². The van der Waals surface area contributed by atoms with Gasteiger partial charge in [-0.25, -0.2) is 0 Å². The maximum atomic E-state index is 13.7. The number of ketones is 1. The van der Waals surface area contributed by atoms with Gasteiger partial charge < -0.3 is 5.73 Å². The zero-order valence-electron chi connectivity index (χ0n) is 23.0. The first-order valence-electron chi connectivity index (χ1n) is 13.7. The largest absolute Gasteiger partial charge is 0.384 e. The molecule has 0 aromatic heterocycles. The second-order valence-electron chi connectivity index (χ2n) is 10.4. The number of rotatable bonds is 7. The molecule has 3 aromatic rings. The van der Waals surface area contributed by atoms with Gasteiger partial charge in [-0.2, -0.15) is 17.0 Å². The number of benzene rings is 3. The van der Waals surface area contributed by atoms with Crippen LogP contribution in [-0.4, -0.2) is 5.78 Å². The summed E-state index contributed by atoms with van der Waals surface area (Å²) in [6.07, 6.45) is 2.89. The van der Waals surface area contributed by atoms with Gasteiger partial charge >= 0.3 is 0 Å². The molecular weight excluding hydrogens is 498 g/mol. The van der Waals surface area contributed by atoms with Crippen LogP contribution in [0.5, 0.6) is 0 Å². The Bertz CT molecular complexity index is 1510. The van der Waals surface area contributed by atoms with E-state index in [0.717, 1.165) is 70.0 Å². The quantitative estimate of drug-likeness (QED) is 0.339. The van der Waals surface area contributed by atoms with Gasteiger partial charge in [-0.1, -0.05) is 73.2 Å². The van der Waals surface area contributed by atoms with Gasteiger partial charge in [0, 0.05) is 29.2 Å². The predicted octanol–water partition coefficient (Wildman–Crippen LogP) is 7.60. The second-order valence-corrected chi connectivity index (χ2v) is 11.4. The average Bonchev–Trinajstić information content (AvgIpc) is 2.95. The smallest absolute Gasteiger partial charge is 0.161 e. The van der Waals surface area contributed by atoms with E-state index in [1.54, 1.807) is 0 Å². The molecule has 5 heteroatoms. The molecule has 0 fully saturated rings. The Morgan fingerprint density at radius 2 is 1.74 bits per heavy atom. The van der Waals surface area contributed by atoms with Gasteiger partial charge in [-0.3, -0.25) is 9.69 Å². The number of nitrogens with two attached hydrogens (primary N) is 1. The van der Waals surface area contributed by atoms with Crippen molar-refractivity contribution in [3.05, 3.63) is 123 Å². The number of hydrogen-bond acceptors (Lipinski definition) is 5. The number of carbonyl (C=O) groups excluding carboxylic acids is 1. The Kier molecular flexibility index (Phi) is 7.95. The van der Waals surface area contributed by atoms with Crippen LogP contribution >= 0.6 is 11.8 Å². The van der Waals surface area contributed by atoms with Crippen molar-refractivity contribution in [1.82, 2.24) is 0 Å². The van der Waals surface area contributed by atoms with Gasteiger partial charge in [0.25, 0.3) is 0 Å². The fourth-order valence-electron chi connectivity index (χ4n) is 5.97. The minimum absolute atomic E-state index is 0.126. The molecule has 0 spiro atoms. The van der Waals surface area contributed by atoms with Crippen molar-refractivity contribution in [2.75, 3.05) is 4.90 Å². The molecule has 1 aliphatic carbocycles. The number of para-hydroxylation sites is 1. The monoisotopic (exact) mass is 533 g/mol. The molecule has 1 unspecified atom stereocenters. The average molecular weight is 534 g/mol. The number of anilines is 1. The van der Waals surface area contributed by atoms with E-state index in [-0.39, 0.29) is 5.78 Å². The molecule has 198 valence electrons. The molecule has 1 heterocycles. The fourth-order valence-corrected chi connectivity index (χ4v) is 7.02. The van der Waals surface area contributed by atoms with Crippen LogP contribution in [0.2, 0.25) is 0 Å². The Morgan fingerprint density at radius 1 is 1.00 bits per heavy atom. The van der Waals surface area contributed by atoms with Crippen LogP contribution in [0.1, 0.15) is 65.5 Å². The van der Waals surface area contributed by atoms with Gasteiger partial charge in [-0.15, -0.1) is 0 Å². The molecule has 1 atom stereocenters. The zero-order chi connectivity index (χ0) is 27.5. The van der Waals surface area contributed by atoms with Crippen molar-refractivity contribution in [2.24, 2.45) is 5.73 Å². The summed E-state index contributed by atoms with van der Waals surface area (Å²) in [5, 5.41) is 10.5. The van der Waals surface area contributed by atoms with Gasteiger partial charge in [0.1, 0.15) is 5.82 Å². The lowest BCUT2D eigenvalue weighted by Crippen LogP contribution is -2.39.